The molecule has 0 radical (unpaired) electrons. The third-order valence-corrected chi connectivity index (χ3v) is 2.64. The lowest BCUT2D eigenvalue weighted by Gasteiger charge is -2.22. The highest BCUT2D eigenvalue weighted by Gasteiger charge is 2.16. The Hall–Kier alpha value is -1.66. The van der Waals surface area contributed by atoms with Crippen molar-refractivity contribution in [2.45, 2.75) is 6.92 Å². The monoisotopic (exact) mass is 267 g/mol. The zero-order chi connectivity index (χ0) is 14.3. The molecule has 0 aliphatic rings. The van der Waals surface area contributed by atoms with E-state index in [0.717, 1.165) is 5.69 Å². The number of rotatable bonds is 7. The van der Waals surface area contributed by atoms with Gasteiger partial charge >= 0.3 is 0 Å². The number of ether oxygens (including phenoxy) is 2. The summed E-state index contributed by atoms with van der Waals surface area (Å²) < 4.78 is 10.0. The van der Waals surface area contributed by atoms with Crippen LogP contribution in [-0.4, -0.2) is 56.3 Å². The predicted molar refractivity (Wildman–Crippen MR) is 73.0 cm³/mol. The Morgan fingerprint density at radius 1 is 1.26 bits per heavy atom. The molecule has 1 amide bonds. The SMILES string of the molecule is COCCN(CCOC)C(=O)c1cc(C)nc(N)c1. The van der Waals surface area contributed by atoms with Crippen LogP contribution in [0, 0.1) is 6.92 Å². The van der Waals surface area contributed by atoms with Gasteiger partial charge in [-0.05, 0) is 19.1 Å². The number of hydrogen-bond donors (Lipinski definition) is 1. The Labute approximate surface area is 113 Å². The quantitative estimate of drug-likeness (QED) is 0.787. The zero-order valence-electron chi connectivity index (χ0n) is 11.7. The first-order chi connectivity index (χ1) is 9.08. The fourth-order valence-electron chi connectivity index (χ4n) is 1.72. The molecule has 106 valence electrons. The van der Waals surface area contributed by atoms with Gasteiger partial charge in [-0.15, -0.1) is 0 Å². The first-order valence-electron chi connectivity index (χ1n) is 6.09. The predicted octanol–water partition coefficient (Wildman–Crippen LogP) is 0.707. The standard InChI is InChI=1S/C13H21N3O3/c1-10-8-11(9-12(14)15-10)13(17)16(4-6-18-2)5-7-19-3/h8-9H,4-7H2,1-3H3,(H2,14,15). The summed E-state index contributed by atoms with van der Waals surface area (Å²) in [5.41, 5.74) is 6.93. The van der Waals surface area contributed by atoms with E-state index in [-0.39, 0.29) is 5.91 Å². The molecule has 0 atom stereocenters. The Kier molecular flexibility index (Phi) is 6.24. The topological polar surface area (TPSA) is 77.7 Å². The lowest BCUT2D eigenvalue weighted by Crippen LogP contribution is -2.36. The van der Waals surface area contributed by atoms with Gasteiger partial charge in [0.2, 0.25) is 0 Å². The number of anilines is 1. The highest BCUT2D eigenvalue weighted by atomic mass is 16.5. The van der Waals surface area contributed by atoms with Crippen LogP contribution in [0.1, 0.15) is 16.1 Å². The van der Waals surface area contributed by atoms with E-state index in [1.807, 2.05) is 6.92 Å². The summed E-state index contributed by atoms with van der Waals surface area (Å²) in [4.78, 5) is 18.1. The van der Waals surface area contributed by atoms with Gasteiger partial charge in [0.25, 0.3) is 5.91 Å². The van der Waals surface area contributed by atoms with E-state index in [4.69, 9.17) is 15.2 Å². The lowest BCUT2D eigenvalue weighted by atomic mass is 10.2. The smallest absolute Gasteiger partial charge is 0.254 e. The number of carbonyl (C=O) groups is 1. The summed E-state index contributed by atoms with van der Waals surface area (Å²) in [6.45, 7) is 3.80. The zero-order valence-corrected chi connectivity index (χ0v) is 11.7. The van der Waals surface area contributed by atoms with Crippen LogP contribution in [0.25, 0.3) is 0 Å². The van der Waals surface area contributed by atoms with E-state index in [2.05, 4.69) is 4.98 Å². The molecule has 0 fully saturated rings. The summed E-state index contributed by atoms with van der Waals surface area (Å²) >= 11 is 0. The maximum absolute atomic E-state index is 12.4. The number of methoxy groups -OCH3 is 2. The van der Waals surface area contributed by atoms with Crippen molar-refractivity contribution in [1.82, 2.24) is 9.88 Å². The number of aryl methyl sites for hydroxylation is 1. The Bertz CT molecular complexity index is 395. The lowest BCUT2D eigenvalue weighted by molar-refractivity contribution is 0.0627. The first-order valence-corrected chi connectivity index (χ1v) is 6.09. The number of nitrogens with two attached hydrogens (primary N) is 1. The molecule has 1 aromatic heterocycles. The van der Waals surface area contributed by atoms with Crippen LogP contribution in [0.3, 0.4) is 0 Å². The molecule has 1 heterocycles. The molecule has 0 aliphatic heterocycles. The van der Waals surface area contributed by atoms with Crippen LogP contribution in [0.2, 0.25) is 0 Å². The second-order valence-corrected chi connectivity index (χ2v) is 4.20. The molecule has 1 aromatic rings. The molecule has 0 saturated carbocycles. The first kappa shape index (κ1) is 15.4. The molecule has 1 rings (SSSR count). The molecule has 2 N–H and O–H groups in total. The van der Waals surface area contributed by atoms with E-state index in [1.165, 1.54) is 0 Å². The summed E-state index contributed by atoms with van der Waals surface area (Å²) in [7, 11) is 3.21. The van der Waals surface area contributed by atoms with Crippen molar-refractivity contribution in [3.63, 3.8) is 0 Å². The number of carbonyl (C=O) groups excluding carboxylic acids is 1. The molecule has 19 heavy (non-hydrogen) atoms. The molecule has 0 aromatic carbocycles. The van der Waals surface area contributed by atoms with Crippen LogP contribution in [0.5, 0.6) is 0 Å². The summed E-state index contributed by atoms with van der Waals surface area (Å²) in [5.74, 6) is 0.257. The van der Waals surface area contributed by atoms with Gasteiger partial charge in [-0.3, -0.25) is 4.79 Å². The minimum absolute atomic E-state index is 0.0914. The maximum atomic E-state index is 12.4. The van der Waals surface area contributed by atoms with Gasteiger partial charge in [0.05, 0.1) is 13.2 Å². The largest absolute Gasteiger partial charge is 0.384 e. The number of aromatic nitrogens is 1. The van der Waals surface area contributed by atoms with Crippen molar-refractivity contribution in [2.75, 3.05) is 46.3 Å². The van der Waals surface area contributed by atoms with Gasteiger partial charge in [0, 0.05) is 38.6 Å². The number of nitrogens with zero attached hydrogens (tertiary/aromatic N) is 2. The second kappa shape index (κ2) is 7.70. The van der Waals surface area contributed by atoms with Crippen LogP contribution in [-0.2, 0) is 9.47 Å². The highest BCUT2D eigenvalue weighted by Crippen LogP contribution is 2.10. The van der Waals surface area contributed by atoms with E-state index in [0.29, 0.717) is 37.7 Å². The third kappa shape index (κ3) is 4.84. The minimum Gasteiger partial charge on any atom is -0.384 e. The number of hydrogen-bond acceptors (Lipinski definition) is 5. The normalized spacial score (nSPS) is 10.5. The maximum Gasteiger partial charge on any atom is 0.254 e. The Morgan fingerprint density at radius 2 is 1.84 bits per heavy atom. The van der Waals surface area contributed by atoms with Crippen molar-refractivity contribution >= 4 is 11.7 Å². The van der Waals surface area contributed by atoms with E-state index in [9.17, 15) is 4.79 Å². The van der Waals surface area contributed by atoms with Gasteiger partial charge in [0.1, 0.15) is 5.82 Å². The van der Waals surface area contributed by atoms with E-state index >= 15 is 0 Å². The number of pyridine rings is 1. The Balaban J connectivity index is 2.84. The van der Waals surface area contributed by atoms with Crippen LogP contribution in [0.4, 0.5) is 5.82 Å². The van der Waals surface area contributed by atoms with Crippen molar-refractivity contribution < 1.29 is 14.3 Å². The molecule has 6 heteroatoms. The molecule has 6 nitrogen and oxygen atoms in total. The number of amides is 1. The van der Waals surface area contributed by atoms with Gasteiger partial charge in [-0.1, -0.05) is 0 Å². The van der Waals surface area contributed by atoms with Crippen molar-refractivity contribution in [2.24, 2.45) is 0 Å². The number of nitrogen functional groups attached to an aromatic ring is 1. The summed E-state index contributed by atoms with van der Waals surface area (Å²) in [6.07, 6.45) is 0. The molecular formula is C13H21N3O3. The molecule has 0 spiro atoms. The summed E-state index contributed by atoms with van der Waals surface area (Å²) in [5, 5.41) is 0. The fraction of sp³-hybridized carbons (Fsp3) is 0.538. The summed E-state index contributed by atoms with van der Waals surface area (Å²) in [6, 6.07) is 3.31. The molecule has 0 aliphatic carbocycles. The van der Waals surface area contributed by atoms with Crippen molar-refractivity contribution in [1.29, 1.82) is 0 Å². The Morgan fingerprint density at radius 3 is 2.32 bits per heavy atom. The average Bonchev–Trinajstić information content (AvgIpc) is 2.37. The molecule has 0 bridgehead atoms. The van der Waals surface area contributed by atoms with Gasteiger partial charge in [0.15, 0.2) is 0 Å². The molecular weight excluding hydrogens is 246 g/mol. The van der Waals surface area contributed by atoms with Crippen LogP contribution < -0.4 is 5.73 Å². The fourth-order valence-corrected chi connectivity index (χ4v) is 1.72. The minimum atomic E-state index is -0.0914. The van der Waals surface area contributed by atoms with Gasteiger partial charge in [-0.2, -0.15) is 0 Å². The van der Waals surface area contributed by atoms with Crippen molar-refractivity contribution in [3.05, 3.63) is 23.4 Å². The molecule has 0 saturated heterocycles. The van der Waals surface area contributed by atoms with Gasteiger partial charge < -0.3 is 20.1 Å². The van der Waals surface area contributed by atoms with Crippen LogP contribution >= 0.6 is 0 Å². The average molecular weight is 267 g/mol. The molecule has 0 unspecified atom stereocenters. The second-order valence-electron chi connectivity index (χ2n) is 4.20. The van der Waals surface area contributed by atoms with E-state index in [1.54, 1.807) is 31.3 Å². The van der Waals surface area contributed by atoms with Crippen molar-refractivity contribution in [3.8, 4) is 0 Å². The van der Waals surface area contributed by atoms with Crippen LogP contribution in [0.15, 0.2) is 12.1 Å². The third-order valence-electron chi connectivity index (χ3n) is 2.64. The van der Waals surface area contributed by atoms with Gasteiger partial charge in [-0.25, -0.2) is 4.98 Å². The van der Waals surface area contributed by atoms with E-state index < -0.39 is 0 Å². The highest BCUT2D eigenvalue weighted by molar-refractivity contribution is 5.95.